The van der Waals surface area contributed by atoms with Crippen LogP contribution in [0.15, 0.2) is 0 Å². The minimum Gasteiger partial charge on any atom is -0.466 e. The molecule has 0 spiro atoms. The van der Waals surface area contributed by atoms with Crippen molar-refractivity contribution >= 4 is 5.97 Å². The molecule has 0 saturated heterocycles. The zero-order chi connectivity index (χ0) is 12.4. The van der Waals surface area contributed by atoms with Crippen LogP contribution in [0.2, 0.25) is 0 Å². The first-order chi connectivity index (χ1) is 7.32. The number of nitrogens with one attached hydrogen (secondary N) is 1. The first-order valence-electron chi connectivity index (χ1n) is 5.31. The Morgan fingerprint density at radius 1 is 1.50 bits per heavy atom. The molecule has 0 heterocycles. The summed E-state index contributed by atoms with van der Waals surface area (Å²) >= 11 is 0. The van der Waals surface area contributed by atoms with E-state index in [4.69, 9.17) is 4.74 Å². The molecule has 1 aliphatic rings. The monoisotopic (exact) mass is 239 g/mol. The van der Waals surface area contributed by atoms with E-state index in [2.05, 4.69) is 5.32 Å². The van der Waals surface area contributed by atoms with Crippen LogP contribution in [0.4, 0.5) is 13.2 Å². The van der Waals surface area contributed by atoms with Gasteiger partial charge in [0.25, 0.3) is 0 Å². The second-order valence-electron chi connectivity index (χ2n) is 4.11. The number of alkyl halides is 3. The highest BCUT2D eigenvalue weighted by molar-refractivity contribution is 5.72. The molecule has 0 aromatic heterocycles. The van der Waals surface area contributed by atoms with Crippen LogP contribution in [0.3, 0.4) is 0 Å². The Kier molecular flexibility index (Phi) is 3.83. The van der Waals surface area contributed by atoms with Gasteiger partial charge in [0.15, 0.2) is 0 Å². The molecule has 0 aromatic rings. The maximum absolute atomic E-state index is 12.5. The van der Waals surface area contributed by atoms with Crippen molar-refractivity contribution in [2.45, 2.75) is 38.4 Å². The van der Waals surface area contributed by atoms with Crippen molar-refractivity contribution in [2.75, 3.05) is 13.2 Å². The molecule has 1 unspecified atom stereocenters. The van der Waals surface area contributed by atoms with Crippen LogP contribution in [0.1, 0.15) is 26.7 Å². The Balaban J connectivity index is 2.38. The summed E-state index contributed by atoms with van der Waals surface area (Å²) in [6, 6.07) is 0. The fourth-order valence-corrected chi connectivity index (χ4v) is 1.40. The van der Waals surface area contributed by atoms with E-state index in [0.717, 1.165) is 0 Å². The van der Waals surface area contributed by atoms with Crippen LogP contribution in [0.25, 0.3) is 0 Å². The highest BCUT2D eigenvalue weighted by Crippen LogP contribution is 2.48. The van der Waals surface area contributed by atoms with E-state index in [1.807, 2.05) is 0 Å². The maximum Gasteiger partial charge on any atom is 0.406 e. The van der Waals surface area contributed by atoms with Gasteiger partial charge < -0.3 is 10.1 Å². The van der Waals surface area contributed by atoms with Crippen molar-refractivity contribution in [3.05, 3.63) is 0 Å². The van der Waals surface area contributed by atoms with E-state index in [9.17, 15) is 18.0 Å². The Hall–Kier alpha value is -0.780. The van der Waals surface area contributed by atoms with Gasteiger partial charge in [-0.05, 0) is 19.8 Å². The van der Waals surface area contributed by atoms with Gasteiger partial charge in [-0.25, -0.2) is 0 Å². The van der Waals surface area contributed by atoms with E-state index in [0.29, 0.717) is 0 Å². The molecule has 1 atom stereocenters. The largest absolute Gasteiger partial charge is 0.466 e. The summed E-state index contributed by atoms with van der Waals surface area (Å²) in [4.78, 5) is 11.2. The summed E-state index contributed by atoms with van der Waals surface area (Å²) in [7, 11) is 0. The van der Waals surface area contributed by atoms with Crippen molar-refractivity contribution in [2.24, 2.45) is 5.92 Å². The Labute approximate surface area is 92.3 Å². The van der Waals surface area contributed by atoms with Crippen LogP contribution < -0.4 is 5.32 Å². The molecule has 0 aliphatic heterocycles. The van der Waals surface area contributed by atoms with Crippen LogP contribution >= 0.6 is 0 Å². The van der Waals surface area contributed by atoms with Crippen LogP contribution in [0, 0.1) is 5.92 Å². The number of hydrogen-bond acceptors (Lipinski definition) is 3. The van der Waals surface area contributed by atoms with Gasteiger partial charge in [-0.15, -0.1) is 0 Å². The van der Waals surface area contributed by atoms with Crippen LogP contribution in [0.5, 0.6) is 0 Å². The average Bonchev–Trinajstić information content (AvgIpc) is 2.94. The summed E-state index contributed by atoms with van der Waals surface area (Å²) < 4.78 is 42.3. The van der Waals surface area contributed by atoms with Gasteiger partial charge in [0, 0.05) is 6.54 Å². The van der Waals surface area contributed by atoms with Gasteiger partial charge in [-0.2, -0.15) is 13.2 Å². The summed E-state index contributed by atoms with van der Waals surface area (Å²) in [6.45, 7) is 3.46. The fourth-order valence-electron chi connectivity index (χ4n) is 1.40. The molecular weight excluding hydrogens is 223 g/mol. The van der Waals surface area contributed by atoms with E-state index in [-0.39, 0.29) is 26.0 Å². The molecule has 0 amide bonds. The summed E-state index contributed by atoms with van der Waals surface area (Å²) in [5.74, 6) is -1.02. The standard InChI is InChI=1S/C10H16F3NO2/c1-3-16-8(15)7(2)6-14-9(4-5-9)10(11,12)13/h7,14H,3-6H2,1-2H3. The molecule has 1 saturated carbocycles. The Bertz CT molecular complexity index is 261. The zero-order valence-corrected chi connectivity index (χ0v) is 9.36. The quantitative estimate of drug-likeness (QED) is 0.744. The van der Waals surface area contributed by atoms with Gasteiger partial charge >= 0.3 is 12.1 Å². The number of carbonyl (C=O) groups is 1. The minimum atomic E-state index is -4.23. The molecular formula is C10H16F3NO2. The van der Waals surface area contributed by atoms with Gasteiger partial charge in [-0.1, -0.05) is 6.92 Å². The second kappa shape index (κ2) is 4.61. The third-order valence-corrected chi connectivity index (χ3v) is 2.73. The Morgan fingerprint density at radius 3 is 2.44 bits per heavy atom. The number of hydrogen-bond donors (Lipinski definition) is 1. The maximum atomic E-state index is 12.5. The summed E-state index contributed by atoms with van der Waals surface area (Å²) in [5, 5.41) is 2.42. The number of carbonyl (C=O) groups excluding carboxylic acids is 1. The number of halogens is 3. The number of rotatable bonds is 5. The summed E-state index contributed by atoms with van der Waals surface area (Å²) in [5.41, 5.74) is -1.76. The molecule has 0 aromatic carbocycles. The highest BCUT2D eigenvalue weighted by Gasteiger charge is 2.63. The third-order valence-electron chi connectivity index (χ3n) is 2.73. The van der Waals surface area contributed by atoms with Crippen molar-refractivity contribution < 1.29 is 22.7 Å². The topological polar surface area (TPSA) is 38.3 Å². The van der Waals surface area contributed by atoms with Crippen molar-refractivity contribution in [1.82, 2.24) is 5.32 Å². The van der Waals surface area contributed by atoms with Crippen molar-refractivity contribution in [1.29, 1.82) is 0 Å². The van der Waals surface area contributed by atoms with Gasteiger partial charge in [-0.3, -0.25) is 4.79 Å². The molecule has 1 aliphatic carbocycles. The Morgan fingerprint density at radius 2 is 2.06 bits per heavy atom. The van der Waals surface area contributed by atoms with Crippen molar-refractivity contribution in [3.8, 4) is 0 Å². The molecule has 1 rings (SSSR count). The van der Waals surface area contributed by atoms with Gasteiger partial charge in [0.2, 0.25) is 0 Å². The minimum absolute atomic E-state index is 0.00164. The lowest BCUT2D eigenvalue weighted by Crippen LogP contribution is -2.47. The molecule has 94 valence electrons. The lowest BCUT2D eigenvalue weighted by molar-refractivity contribution is -0.167. The molecule has 1 N–H and O–H groups in total. The SMILES string of the molecule is CCOC(=O)C(C)CNC1(C(F)(F)F)CC1. The lowest BCUT2D eigenvalue weighted by atomic mass is 10.1. The van der Waals surface area contributed by atoms with Crippen LogP contribution in [-0.4, -0.2) is 30.8 Å². The van der Waals surface area contributed by atoms with Crippen molar-refractivity contribution in [3.63, 3.8) is 0 Å². The lowest BCUT2D eigenvalue weighted by Gasteiger charge is -2.22. The number of esters is 1. The molecule has 16 heavy (non-hydrogen) atoms. The average molecular weight is 239 g/mol. The van der Waals surface area contributed by atoms with Gasteiger partial charge in [0.05, 0.1) is 12.5 Å². The highest BCUT2D eigenvalue weighted by atomic mass is 19.4. The third kappa shape index (κ3) is 2.87. The van der Waals surface area contributed by atoms with Gasteiger partial charge in [0.1, 0.15) is 5.54 Å². The fraction of sp³-hybridized carbons (Fsp3) is 0.900. The predicted molar refractivity (Wildman–Crippen MR) is 51.8 cm³/mol. The first kappa shape index (κ1) is 13.3. The van der Waals surface area contributed by atoms with E-state index in [1.165, 1.54) is 0 Å². The number of ether oxygens (including phenoxy) is 1. The molecule has 0 radical (unpaired) electrons. The summed E-state index contributed by atoms with van der Waals surface area (Å²) in [6.07, 6.45) is -4.06. The molecule has 3 nitrogen and oxygen atoms in total. The zero-order valence-electron chi connectivity index (χ0n) is 9.36. The predicted octanol–water partition coefficient (Wildman–Crippen LogP) is 1.87. The molecule has 0 bridgehead atoms. The molecule has 6 heteroatoms. The van der Waals surface area contributed by atoms with E-state index < -0.39 is 23.6 Å². The van der Waals surface area contributed by atoms with E-state index in [1.54, 1.807) is 13.8 Å². The molecule has 1 fully saturated rings. The normalized spacial score (nSPS) is 20.3. The second-order valence-corrected chi connectivity index (χ2v) is 4.11. The van der Waals surface area contributed by atoms with Crippen LogP contribution in [-0.2, 0) is 9.53 Å². The first-order valence-corrected chi connectivity index (χ1v) is 5.31. The smallest absolute Gasteiger partial charge is 0.406 e. The van der Waals surface area contributed by atoms with E-state index >= 15 is 0 Å².